The molecular formula is C22H15Br2ClN2O4. The third-order valence-corrected chi connectivity index (χ3v) is 5.39. The molecule has 0 aliphatic heterocycles. The normalized spacial score (nSPS) is 10.7. The highest BCUT2D eigenvalue weighted by Gasteiger charge is 2.11. The molecular weight excluding hydrogens is 552 g/mol. The van der Waals surface area contributed by atoms with E-state index in [0.29, 0.717) is 36.6 Å². The number of benzene rings is 3. The molecule has 3 aromatic rings. The minimum Gasteiger partial charge on any atom is -0.483 e. The lowest BCUT2D eigenvalue weighted by molar-refractivity contribution is -0.123. The van der Waals surface area contributed by atoms with Gasteiger partial charge in [-0.15, -0.1) is 0 Å². The molecule has 158 valence electrons. The van der Waals surface area contributed by atoms with Crippen LogP contribution in [0.3, 0.4) is 0 Å². The minimum atomic E-state index is -0.464. The van der Waals surface area contributed by atoms with Crippen LogP contribution in [0.5, 0.6) is 11.5 Å². The highest BCUT2D eigenvalue weighted by atomic mass is 79.9. The molecule has 0 spiro atoms. The van der Waals surface area contributed by atoms with Crippen molar-refractivity contribution in [1.82, 2.24) is 5.43 Å². The Morgan fingerprint density at radius 2 is 1.74 bits per heavy atom. The van der Waals surface area contributed by atoms with Crippen LogP contribution >= 0.6 is 43.5 Å². The molecule has 0 saturated heterocycles. The van der Waals surface area contributed by atoms with E-state index in [1.165, 1.54) is 6.21 Å². The van der Waals surface area contributed by atoms with Gasteiger partial charge in [0.2, 0.25) is 0 Å². The van der Waals surface area contributed by atoms with Gasteiger partial charge in [0.05, 0.1) is 16.3 Å². The van der Waals surface area contributed by atoms with Crippen molar-refractivity contribution in [2.24, 2.45) is 5.10 Å². The maximum atomic E-state index is 12.2. The first-order valence-corrected chi connectivity index (χ1v) is 10.9. The molecule has 0 aromatic heterocycles. The number of ether oxygens (including phenoxy) is 2. The van der Waals surface area contributed by atoms with Gasteiger partial charge in [-0.2, -0.15) is 5.10 Å². The van der Waals surface area contributed by atoms with Crippen molar-refractivity contribution in [3.63, 3.8) is 0 Å². The Kier molecular flexibility index (Phi) is 8.22. The fraction of sp³-hybridized carbons (Fsp3) is 0.0455. The number of carbonyl (C=O) groups is 2. The average molecular weight is 567 g/mol. The molecule has 0 bridgehead atoms. The Bertz CT molecular complexity index is 1120. The second kappa shape index (κ2) is 11.1. The summed E-state index contributed by atoms with van der Waals surface area (Å²) in [5, 5.41) is 4.45. The van der Waals surface area contributed by atoms with Gasteiger partial charge >= 0.3 is 5.97 Å². The molecule has 3 rings (SSSR count). The number of carbonyl (C=O) groups excluding carboxylic acids is 2. The van der Waals surface area contributed by atoms with Crippen molar-refractivity contribution in [1.29, 1.82) is 0 Å². The van der Waals surface area contributed by atoms with Crippen LogP contribution in [0.4, 0.5) is 0 Å². The first-order chi connectivity index (χ1) is 14.9. The number of nitrogens with zero attached hydrogens (tertiary/aromatic N) is 1. The van der Waals surface area contributed by atoms with Gasteiger partial charge in [-0.25, -0.2) is 10.2 Å². The number of hydrogen-bond donors (Lipinski definition) is 1. The fourth-order valence-corrected chi connectivity index (χ4v) is 3.60. The lowest BCUT2D eigenvalue weighted by Crippen LogP contribution is -2.24. The molecule has 0 atom stereocenters. The zero-order chi connectivity index (χ0) is 22.2. The molecule has 9 heteroatoms. The summed E-state index contributed by atoms with van der Waals surface area (Å²) in [6, 6.07) is 18.7. The second-order valence-electron chi connectivity index (χ2n) is 6.09. The summed E-state index contributed by atoms with van der Waals surface area (Å²) in [5.41, 5.74) is 3.52. The van der Waals surface area contributed by atoms with E-state index in [4.69, 9.17) is 21.1 Å². The van der Waals surface area contributed by atoms with E-state index in [-0.39, 0.29) is 6.61 Å². The topological polar surface area (TPSA) is 77.0 Å². The first kappa shape index (κ1) is 23.0. The fourth-order valence-electron chi connectivity index (χ4n) is 2.36. The van der Waals surface area contributed by atoms with Crippen LogP contribution in [0.15, 0.2) is 80.8 Å². The van der Waals surface area contributed by atoms with Crippen LogP contribution < -0.4 is 14.9 Å². The number of halogens is 3. The summed E-state index contributed by atoms with van der Waals surface area (Å²) in [7, 11) is 0. The van der Waals surface area contributed by atoms with Gasteiger partial charge < -0.3 is 9.47 Å². The number of amides is 1. The molecule has 0 saturated carbocycles. The summed E-state index contributed by atoms with van der Waals surface area (Å²) in [4.78, 5) is 24.1. The maximum absolute atomic E-state index is 12.2. The van der Waals surface area contributed by atoms with Gasteiger partial charge in [0, 0.05) is 9.50 Å². The van der Waals surface area contributed by atoms with Crippen LogP contribution in [0.2, 0.25) is 5.02 Å². The van der Waals surface area contributed by atoms with E-state index in [9.17, 15) is 9.59 Å². The molecule has 0 unspecified atom stereocenters. The third kappa shape index (κ3) is 6.92. The van der Waals surface area contributed by atoms with Crippen molar-refractivity contribution < 1.29 is 19.1 Å². The number of esters is 1. The molecule has 0 radical (unpaired) electrons. The Morgan fingerprint density at radius 3 is 2.45 bits per heavy atom. The lowest BCUT2D eigenvalue weighted by atomic mass is 10.2. The largest absolute Gasteiger partial charge is 0.483 e. The molecule has 31 heavy (non-hydrogen) atoms. The third-order valence-electron chi connectivity index (χ3n) is 3.84. The second-order valence-corrected chi connectivity index (χ2v) is 8.24. The number of hydrazone groups is 1. The van der Waals surface area contributed by atoms with E-state index in [2.05, 4.69) is 42.4 Å². The number of hydrogen-bond acceptors (Lipinski definition) is 5. The number of nitrogens with one attached hydrogen (secondary N) is 1. The predicted molar refractivity (Wildman–Crippen MR) is 126 cm³/mol. The van der Waals surface area contributed by atoms with Crippen LogP contribution in [-0.2, 0) is 4.79 Å². The van der Waals surface area contributed by atoms with E-state index >= 15 is 0 Å². The molecule has 1 N–H and O–H groups in total. The van der Waals surface area contributed by atoms with Crippen LogP contribution in [0.1, 0.15) is 15.9 Å². The Labute approximate surface area is 200 Å². The van der Waals surface area contributed by atoms with E-state index < -0.39 is 11.9 Å². The quantitative estimate of drug-likeness (QED) is 0.175. The van der Waals surface area contributed by atoms with Crippen molar-refractivity contribution in [2.45, 2.75) is 0 Å². The Hall–Kier alpha value is -2.68. The molecule has 0 aliphatic carbocycles. The molecule has 1 amide bonds. The van der Waals surface area contributed by atoms with Crippen molar-refractivity contribution >= 4 is 61.6 Å². The zero-order valence-corrected chi connectivity index (χ0v) is 19.8. The summed E-state index contributed by atoms with van der Waals surface area (Å²) >= 11 is 12.5. The van der Waals surface area contributed by atoms with Gasteiger partial charge in [-0.3, -0.25) is 4.79 Å². The Balaban J connectivity index is 1.48. The zero-order valence-electron chi connectivity index (χ0n) is 15.8. The lowest BCUT2D eigenvalue weighted by Gasteiger charge is -2.07. The van der Waals surface area contributed by atoms with Gasteiger partial charge in [0.25, 0.3) is 5.91 Å². The highest BCUT2D eigenvalue weighted by molar-refractivity contribution is 9.10. The smallest absolute Gasteiger partial charge is 0.344 e. The summed E-state index contributed by atoms with van der Waals surface area (Å²) in [6.45, 7) is -0.207. The van der Waals surface area contributed by atoms with E-state index in [1.807, 2.05) is 6.07 Å². The van der Waals surface area contributed by atoms with Crippen molar-refractivity contribution in [3.05, 3.63) is 91.8 Å². The molecule has 6 nitrogen and oxygen atoms in total. The first-order valence-electron chi connectivity index (χ1n) is 8.89. The van der Waals surface area contributed by atoms with Crippen LogP contribution in [0, 0.1) is 0 Å². The monoisotopic (exact) mass is 564 g/mol. The summed E-state index contributed by atoms with van der Waals surface area (Å²) in [6.07, 6.45) is 1.47. The summed E-state index contributed by atoms with van der Waals surface area (Å²) in [5.74, 6) is 0.00523. The van der Waals surface area contributed by atoms with Crippen molar-refractivity contribution in [2.75, 3.05) is 6.61 Å². The number of rotatable bonds is 7. The predicted octanol–water partition coefficient (Wildman–Crippen LogP) is 5.61. The molecule has 0 fully saturated rings. The van der Waals surface area contributed by atoms with E-state index in [0.717, 1.165) is 0 Å². The Morgan fingerprint density at radius 1 is 1.00 bits per heavy atom. The highest BCUT2D eigenvalue weighted by Crippen LogP contribution is 2.27. The van der Waals surface area contributed by atoms with Crippen LogP contribution in [-0.4, -0.2) is 24.7 Å². The summed E-state index contributed by atoms with van der Waals surface area (Å²) < 4.78 is 12.1. The maximum Gasteiger partial charge on any atom is 0.344 e. The molecule has 0 aliphatic rings. The minimum absolute atomic E-state index is 0.207. The molecule has 3 aromatic carbocycles. The van der Waals surface area contributed by atoms with Gasteiger partial charge in [0.15, 0.2) is 6.61 Å². The van der Waals surface area contributed by atoms with Crippen LogP contribution in [0.25, 0.3) is 0 Å². The standard InChI is InChI=1S/C22H15Br2ClN2O4/c23-18-4-2-1-3-17(18)22(29)31-16-8-5-14(6-9-16)12-26-27-21(28)13-30-20-10-7-15(25)11-19(20)24/h1-12H,13H2,(H,27,28)/b26-12+. The van der Waals surface area contributed by atoms with Crippen molar-refractivity contribution in [3.8, 4) is 11.5 Å². The average Bonchev–Trinajstić information content (AvgIpc) is 2.74. The SMILES string of the molecule is O=C(COc1ccc(Cl)cc1Br)N/N=C/c1ccc(OC(=O)c2ccccc2Br)cc1. The van der Waals surface area contributed by atoms with Gasteiger partial charge in [0.1, 0.15) is 11.5 Å². The molecule has 0 heterocycles. The van der Waals surface area contributed by atoms with Gasteiger partial charge in [-0.1, -0.05) is 23.7 Å². The van der Waals surface area contributed by atoms with E-state index in [1.54, 1.807) is 60.7 Å². The van der Waals surface area contributed by atoms with Gasteiger partial charge in [-0.05, 0) is 92.0 Å².